The van der Waals surface area contributed by atoms with Gasteiger partial charge in [0.2, 0.25) is 5.91 Å². The van der Waals surface area contributed by atoms with Crippen LogP contribution >= 0.6 is 36.4 Å². The van der Waals surface area contributed by atoms with Crippen molar-refractivity contribution in [2.75, 3.05) is 19.0 Å². The summed E-state index contributed by atoms with van der Waals surface area (Å²) in [6.07, 6.45) is 1.58. The van der Waals surface area contributed by atoms with E-state index in [1.54, 1.807) is 24.4 Å². The number of nitrogens with two attached hydrogens (primary N) is 1. The summed E-state index contributed by atoms with van der Waals surface area (Å²) in [5, 5.41) is 3.16. The minimum absolute atomic E-state index is 0. The fraction of sp³-hybridized carbons (Fsp3) is 0.294. The molecule has 1 amide bonds. The minimum Gasteiger partial charge on any atom is -0.486 e. The van der Waals surface area contributed by atoms with Crippen LogP contribution in [0.25, 0.3) is 0 Å². The van der Waals surface area contributed by atoms with E-state index in [1.807, 2.05) is 18.2 Å². The number of halogens is 3. The molecule has 2 aromatic rings. The summed E-state index contributed by atoms with van der Waals surface area (Å²) in [5.74, 6) is 0.336. The molecule has 0 saturated carbocycles. The molecule has 26 heavy (non-hydrogen) atoms. The van der Waals surface area contributed by atoms with Crippen LogP contribution in [0.2, 0.25) is 5.02 Å². The Morgan fingerprint density at radius 1 is 1.31 bits per heavy atom. The van der Waals surface area contributed by atoms with Gasteiger partial charge in [-0.1, -0.05) is 17.7 Å². The number of ether oxygens (including phenoxy) is 2. The highest BCUT2D eigenvalue weighted by molar-refractivity contribution is 6.32. The summed E-state index contributed by atoms with van der Waals surface area (Å²) in [6.45, 7) is 0.600. The van der Waals surface area contributed by atoms with Crippen molar-refractivity contribution in [2.24, 2.45) is 5.73 Å². The number of methoxy groups -OCH3 is 1. The lowest BCUT2D eigenvalue weighted by Crippen LogP contribution is -2.28. The zero-order valence-corrected chi connectivity index (χ0v) is 16.6. The zero-order chi connectivity index (χ0) is 17.4. The van der Waals surface area contributed by atoms with Crippen molar-refractivity contribution in [3.05, 3.63) is 53.3 Å². The third-order valence-corrected chi connectivity index (χ3v) is 3.62. The average Bonchev–Trinajstić information content (AvgIpc) is 2.60. The van der Waals surface area contributed by atoms with Crippen LogP contribution in [-0.4, -0.2) is 30.6 Å². The van der Waals surface area contributed by atoms with Gasteiger partial charge >= 0.3 is 0 Å². The number of pyridine rings is 1. The second-order valence-electron chi connectivity index (χ2n) is 5.10. The molecule has 1 atom stereocenters. The van der Waals surface area contributed by atoms with Crippen molar-refractivity contribution in [1.29, 1.82) is 0 Å². The minimum atomic E-state index is -0.304. The Hall–Kier alpha value is -1.57. The van der Waals surface area contributed by atoms with E-state index in [0.717, 1.165) is 5.69 Å². The smallest absolute Gasteiger partial charge is 0.227 e. The number of benzene rings is 1. The van der Waals surface area contributed by atoms with Crippen LogP contribution in [0.4, 0.5) is 5.69 Å². The van der Waals surface area contributed by atoms with E-state index in [-0.39, 0.29) is 49.8 Å². The van der Waals surface area contributed by atoms with Gasteiger partial charge in [0, 0.05) is 25.5 Å². The molecule has 144 valence electrons. The molecule has 3 N–H and O–H groups in total. The highest BCUT2D eigenvalue weighted by atomic mass is 35.5. The van der Waals surface area contributed by atoms with Crippen LogP contribution in [0.5, 0.6) is 5.75 Å². The third-order valence-electron chi connectivity index (χ3n) is 3.33. The van der Waals surface area contributed by atoms with Crippen molar-refractivity contribution < 1.29 is 14.3 Å². The van der Waals surface area contributed by atoms with Gasteiger partial charge in [-0.05, 0) is 30.3 Å². The van der Waals surface area contributed by atoms with E-state index < -0.39 is 0 Å². The predicted octanol–water partition coefficient (Wildman–Crippen LogP) is 3.46. The van der Waals surface area contributed by atoms with Gasteiger partial charge in [0.15, 0.2) is 0 Å². The first kappa shape index (κ1) is 24.4. The van der Waals surface area contributed by atoms with Crippen LogP contribution in [0.15, 0.2) is 42.6 Å². The van der Waals surface area contributed by atoms with E-state index in [4.69, 9.17) is 26.8 Å². The van der Waals surface area contributed by atoms with Crippen molar-refractivity contribution in [3.63, 3.8) is 0 Å². The van der Waals surface area contributed by atoms with Gasteiger partial charge in [-0.3, -0.25) is 9.78 Å². The Kier molecular flexibility index (Phi) is 12.0. The Labute approximate surface area is 170 Å². The van der Waals surface area contributed by atoms with Gasteiger partial charge < -0.3 is 20.5 Å². The molecule has 0 aliphatic rings. The summed E-state index contributed by atoms with van der Waals surface area (Å²) in [4.78, 5) is 16.1. The zero-order valence-electron chi connectivity index (χ0n) is 14.2. The number of carbonyl (C=O) groups excluding carboxylic acids is 1. The molecule has 0 bridgehead atoms. The van der Waals surface area contributed by atoms with E-state index >= 15 is 0 Å². The maximum Gasteiger partial charge on any atom is 0.227 e. The topological polar surface area (TPSA) is 86.5 Å². The molecule has 0 aliphatic heterocycles. The van der Waals surface area contributed by atoms with Crippen LogP contribution in [0, 0.1) is 0 Å². The number of nitrogens with one attached hydrogen (secondary N) is 1. The molecular weight excluding hydrogens is 401 g/mol. The molecule has 9 heteroatoms. The molecule has 2 rings (SSSR count). The Morgan fingerprint density at radius 3 is 2.65 bits per heavy atom. The van der Waals surface area contributed by atoms with E-state index in [1.165, 1.54) is 7.11 Å². The predicted molar refractivity (Wildman–Crippen MR) is 108 cm³/mol. The van der Waals surface area contributed by atoms with Crippen LogP contribution in [0.3, 0.4) is 0 Å². The SMILES string of the molecule is COC(CN)CC(=O)Nc1ccc(OCc2ccccn2)c(Cl)c1.Cl.Cl. The number of aromatic nitrogens is 1. The number of amides is 1. The summed E-state index contributed by atoms with van der Waals surface area (Å²) in [5.41, 5.74) is 6.89. The van der Waals surface area contributed by atoms with Crippen molar-refractivity contribution >= 4 is 48.0 Å². The van der Waals surface area contributed by atoms with Crippen molar-refractivity contribution in [3.8, 4) is 5.75 Å². The van der Waals surface area contributed by atoms with Crippen LogP contribution in [0.1, 0.15) is 12.1 Å². The molecule has 0 spiro atoms. The van der Waals surface area contributed by atoms with Gasteiger partial charge in [0.1, 0.15) is 12.4 Å². The van der Waals surface area contributed by atoms with Gasteiger partial charge in [0.25, 0.3) is 0 Å². The molecule has 0 aliphatic carbocycles. The summed E-state index contributed by atoms with van der Waals surface area (Å²) in [6, 6.07) is 10.7. The van der Waals surface area contributed by atoms with Crippen LogP contribution in [-0.2, 0) is 16.1 Å². The molecule has 6 nitrogen and oxygen atoms in total. The molecule has 0 saturated heterocycles. The number of hydrogen-bond donors (Lipinski definition) is 2. The molecule has 1 unspecified atom stereocenters. The quantitative estimate of drug-likeness (QED) is 0.680. The molecule has 1 aromatic heterocycles. The number of hydrogen-bond acceptors (Lipinski definition) is 5. The highest BCUT2D eigenvalue weighted by Gasteiger charge is 2.12. The largest absolute Gasteiger partial charge is 0.486 e. The van der Waals surface area contributed by atoms with Crippen LogP contribution < -0.4 is 15.8 Å². The molecule has 0 fully saturated rings. The molecular formula is C17H22Cl3N3O3. The van der Waals surface area contributed by atoms with Crippen molar-refractivity contribution in [1.82, 2.24) is 4.98 Å². The number of carbonyl (C=O) groups is 1. The number of nitrogens with zero attached hydrogens (tertiary/aromatic N) is 1. The Morgan fingerprint density at radius 2 is 2.08 bits per heavy atom. The van der Waals surface area contributed by atoms with Crippen molar-refractivity contribution in [2.45, 2.75) is 19.1 Å². The normalized spacial score (nSPS) is 10.9. The van der Waals surface area contributed by atoms with E-state index in [0.29, 0.717) is 23.1 Å². The lowest BCUT2D eigenvalue weighted by molar-refractivity contribution is -0.118. The van der Waals surface area contributed by atoms with E-state index in [2.05, 4.69) is 10.3 Å². The fourth-order valence-electron chi connectivity index (χ4n) is 2.01. The monoisotopic (exact) mass is 421 g/mol. The molecule has 0 radical (unpaired) electrons. The first-order valence-electron chi connectivity index (χ1n) is 7.47. The summed E-state index contributed by atoms with van der Waals surface area (Å²) < 4.78 is 10.7. The maximum absolute atomic E-state index is 11.9. The standard InChI is InChI=1S/C17H20ClN3O3.2ClH/c1-23-14(10-19)9-17(22)21-12-5-6-16(15(18)8-12)24-11-13-4-2-3-7-20-13;;/h2-8,14H,9-11,19H2,1H3,(H,21,22);2*1H. The first-order valence-corrected chi connectivity index (χ1v) is 7.85. The van der Waals surface area contributed by atoms with Gasteiger partial charge in [0.05, 0.1) is 23.2 Å². The Bertz CT molecular complexity index is 671. The number of rotatable bonds is 8. The summed E-state index contributed by atoms with van der Waals surface area (Å²) >= 11 is 6.20. The highest BCUT2D eigenvalue weighted by Crippen LogP contribution is 2.28. The molecule has 1 heterocycles. The van der Waals surface area contributed by atoms with Gasteiger partial charge in [-0.2, -0.15) is 0 Å². The summed E-state index contributed by atoms with van der Waals surface area (Å²) in [7, 11) is 1.52. The first-order chi connectivity index (χ1) is 11.6. The third kappa shape index (κ3) is 7.76. The second kappa shape index (κ2) is 12.7. The van der Waals surface area contributed by atoms with Gasteiger partial charge in [-0.15, -0.1) is 24.8 Å². The lowest BCUT2D eigenvalue weighted by Gasteiger charge is -2.13. The second-order valence-corrected chi connectivity index (χ2v) is 5.51. The number of anilines is 1. The Balaban J connectivity index is 0.00000312. The average molecular weight is 423 g/mol. The maximum atomic E-state index is 11.9. The molecule has 1 aromatic carbocycles. The lowest BCUT2D eigenvalue weighted by atomic mass is 10.2. The van der Waals surface area contributed by atoms with E-state index in [9.17, 15) is 4.79 Å². The fourth-order valence-corrected chi connectivity index (χ4v) is 2.25. The van der Waals surface area contributed by atoms with Gasteiger partial charge in [-0.25, -0.2) is 0 Å².